The van der Waals surface area contributed by atoms with E-state index in [1.165, 1.54) is 12.0 Å². The molecule has 4 nitrogen and oxygen atoms in total. The van der Waals surface area contributed by atoms with E-state index < -0.39 is 0 Å². The normalized spacial score (nSPS) is 18.0. The molecular formula is C18H19N3O. The number of pyridine rings is 1. The third kappa shape index (κ3) is 2.35. The van der Waals surface area contributed by atoms with Gasteiger partial charge in [-0.25, -0.2) is 4.98 Å². The Morgan fingerprint density at radius 2 is 2.05 bits per heavy atom. The van der Waals surface area contributed by atoms with Gasteiger partial charge < -0.3 is 15.0 Å². The second-order valence-corrected chi connectivity index (χ2v) is 5.87. The van der Waals surface area contributed by atoms with Gasteiger partial charge in [0.1, 0.15) is 17.1 Å². The molecule has 1 unspecified atom stereocenters. The molecule has 0 aliphatic carbocycles. The molecular weight excluding hydrogens is 274 g/mol. The molecule has 1 aliphatic heterocycles. The van der Waals surface area contributed by atoms with Crippen molar-refractivity contribution in [2.45, 2.75) is 19.3 Å². The Morgan fingerprint density at radius 1 is 1.18 bits per heavy atom. The number of aryl methyl sites for hydroxylation is 1. The van der Waals surface area contributed by atoms with Crippen LogP contribution in [0.1, 0.15) is 23.5 Å². The van der Waals surface area contributed by atoms with Crippen LogP contribution in [0.5, 0.6) is 11.5 Å². The Bertz CT molecular complexity index is 786. The fraction of sp³-hybridized carbons (Fsp3) is 0.278. The predicted octanol–water partition coefficient (Wildman–Crippen LogP) is 3.74. The van der Waals surface area contributed by atoms with Gasteiger partial charge in [-0.1, -0.05) is 12.1 Å². The molecule has 2 aromatic heterocycles. The largest absolute Gasteiger partial charge is 0.457 e. The molecule has 3 aromatic rings. The summed E-state index contributed by atoms with van der Waals surface area (Å²) in [5.74, 6) is 2.34. The zero-order valence-electron chi connectivity index (χ0n) is 12.6. The highest BCUT2D eigenvalue weighted by molar-refractivity contribution is 5.86. The van der Waals surface area contributed by atoms with Crippen LogP contribution in [0, 0.1) is 6.92 Å². The van der Waals surface area contributed by atoms with Crippen molar-refractivity contribution >= 4 is 11.0 Å². The molecule has 1 aromatic carbocycles. The van der Waals surface area contributed by atoms with Crippen LogP contribution >= 0.6 is 0 Å². The number of H-pyrrole nitrogens is 1. The summed E-state index contributed by atoms with van der Waals surface area (Å²) < 4.78 is 6.07. The SMILES string of the molecule is Cc1c[nH]c2nccc(Oc3ccc(C4CCNC4)cc3)c12. The zero-order valence-corrected chi connectivity index (χ0v) is 12.6. The predicted molar refractivity (Wildman–Crippen MR) is 87.6 cm³/mol. The summed E-state index contributed by atoms with van der Waals surface area (Å²) in [5, 5.41) is 4.45. The van der Waals surface area contributed by atoms with E-state index >= 15 is 0 Å². The van der Waals surface area contributed by atoms with Crippen molar-refractivity contribution in [3.8, 4) is 11.5 Å². The third-order valence-corrected chi connectivity index (χ3v) is 4.37. The number of nitrogens with one attached hydrogen (secondary N) is 2. The average molecular weight is 293 g/mol. The van der Waals surface area contributed by atoms with Crippen LogP contribution < -0.4 is 10.1 Å². The Labute approximate surface area is 129 Å². The monoisotopic (exact) mass is 293 g/mol. The van der Waals surface area contributed by atoms with Crippen LogP contribution in [0.25, 0.3) is 11.0 Å². The minimum Gasteiger partial charge on any atom is -0.457 e. The average Bonchev–Trinajstić information content (AvgIpc) is 3.19. The van der Waals surface area contributed by atoms with Crippen molar-refractivity contribution in [2.75, 3.05) is 13.1 Å². The molecule has 0 amide bonds. The maximum atomic E-state index is 6.07. The number of aromatic amines is 1. The van der Waals surface area contributed by atoms with Crippen LogP contribution in [0.15, 0.2) is 42.7 Å². The number of fused-ring (bicyclic) bond motifs is 1. The van der Waals surface area contributed by atoms with E-state index in [2.05, 4.69) is 46.5 Å². The Balaban J connectivity index is 1.61. The van der Waals surface area contributed by atoms with Crippen LogP contribution in [-0.4, -0.2) is 23.1 Å². The van der Waals surface area contributed by atoms with Gasteiger partial charge in [0.2, 0.25) is 0 Å². The highest BCUT2D eigenvalue weighted by Crippen LogP contribution is 2.32. The Kier molecular flexibility index (Phi) is 3.31. The second kappa shape index (κ2) is 5.46. The van der Waals surface area contributed by atoms with E-state index in [0.717, 1.165) is 41.2 Å². The van der Waals surface area contributed by atoms with Crippen molar-refractivity contribution < 1.29 is 4.74 Å². The van der Waals surface area contributed by atoms with Crippen LogP contribution in [0.4, 0.5) is 0 Å². The van der Waals surface area contributed by atoms with Gasteiger partial charge in [0.15, 0.2) is 0 Å². The topological polar surface area (TPSA) is 49.9 Å². The standard InChI is InChI=1S/C18H19N3O/c1-12-10-21-18-17(12)16(7-9-20-18)22-15-4-2-13(3-5-15)14-6-8-19-11-14/h2-5,7,9-10,14,19H,6,8,11H2,1H3,(H,20,21). The Morgan fingerprint density at radius 3 is 2.82 bits per heavy atom. The van der Waals surface area contributed by atoms with Gasteiger partial charge in [-0.3, -0.25) is 0 Å². The molecule has 4 rings (SSSR count). The number of benzene rings is 1. The van der Waals surface area contributed by atoms with E-state index in [4.69, 9.17) is 4.74 Å². The highest BCUT2D eigenvalue weighted by atomic mass is 16.5. The molecule has 1 aliphatic rings. The van der Waals surface area contributed by atoms with Crippen LogP contribution in [-0.2, 0) is 0 Å². The summed E-state index contributed by atoms with van der Waals surface area (Å²) in [6, 6.07) is 10.4. The van der Waals surface area contributed by atoms with Crippen molar-refractivity contribution in [2.24, 2.45) is 0 Å². The first-order valence-electron chi connectivity index (χ1n) is 7.72. The number of nitrogens with zero attached hydrogens (tertiary/aromatic N) is 1. The lowest BCUT2D eigenvalue weighted by atomic mass is 9.98. The molecule has 1 atom stereocenters. The molecule has 4 heteroatoms. The molecule has 3 heterocycles. The summed E-state index contributed by atoms with van der Waals surface area (Å²) >= 11 is 0. The molecule has 1 fully saturated rings. The minimum atomic E-state index is 0.633. The van der Waals surface area contributed by atoms with Gasteiger partial charge in [-0.15, -0.1) is 0 Å². The number of hydrogen-bond acceptors (Lipinski definition) is 3. The van der Waals surface area contributed by atoms with Gasteiger partial charge in [0.25, 0.3) is 0 Å². The van der Waals surface area contributed by atoms with Gasteiger partial charge in [0.05, 0.1) is 5.39 Å². The zero-order chi connectivity index (χ0) is 14.9. The molecule has 22 heavy (non-hydrogen) atoms. The number of rotatable bonds is 3. The molecule has 1 saturated heterocycles. The summed E-state index contributed by atoms with van der Waals surface area (Å²) in [6.45, 7) is 4.25. The molecule has 2 N–H and O–H groups in total. The third-order valence-electron chi connectivity index (χ3n) is 4.37. The maximum absolute atomic E-state index is 6.07. The van der Waals surface area contributed by atoms with E-state index in [-0.39, 0.29) is 0 Å². The van der Waals surface area contributed by atoms with E-state index in [0.29, 0.717) is 5.92 Å². The van der Waals surface area contributed by atoms with Crippen molar-refractivity contribution in [1.82, 2.24) is 15.3 Å². The first kappa shape index (κ1) is 13.3. The van der Waals surface area contributed by atoms with E-state index in [1.54, 1.807) is 6.20 Å². The molecule has 0 bridgehead atoms. The Hall–Kier alpha value is -2.33. The molecule has 112 valence electrons. The summed E-state index contributed by atoms with van der Waals surface area (Å²) in [5.41, 5.74) is 3.39. The smallest absolute Gasteiger partial charge is 0.141 e. The minimum absolute atomic E-state index is 0.633. The number of aromatic nitrogens is 2. The summed E-state index contributed by atoms with van der Waals surface area (Å²) in [6.07, 6.45) is 4.95. The maximum Gasteiger partial charge on any atom is 0.141 e. The number of ether oxygens (including phenoxy) is 1. The molecule has 0 saturated carbocycles. The van der Waals surface area contributed by atoms with Crippen LogP contribution in [0.3, 0.4) is 0 Å². The first-order valence-corrected chi connectivity index (χ1v) is 7.72. The lowest BCUT2D eigenvalue weighted by Crippen LogP contribution is -2.07. The highest BCUT2D eigenvalue weighted by Gasteiger charge is 2.16. The summed E-state index contributed by atoms with van der Waals surface area (Å²) in [7, 11) is 0. The molecule has 0 radical (unpaired) electrons. The van der Waals surface area contributed by atoms with Gasteiger partial charge >= 0.3 is 0 Å². The van der Waals surface area contributed by atoms with Crippen LogP contribution in [0.2, 0.25) is 0 Å². The quantitative estimate of drug-likeness (QED) is 0.773. The van der Waals surface area contributed by atoms with Crippen molar-refractivity contribution in [1.29, 1.82) is 0 Å². The lowest BCUT2D eigenvalue weighted by Gasteiger charge is -2.11. The van der Waals surface area contributed by atoms with Crippen molar-refractivity contribution in [3.05, 3.63) is 53.9 Å². The van der Waals surface area contributed by atoms with Gasteiger partial charge in [-0.2, -0.15) is 0 Å². The van der Waals surface area contributed by atoms with Gasteiger partial charge in [-0.05, 0) is 55.1 Å². The lowest BCUT2D eigenvalue weighted by molar-refractivity contribution is 0.487. The van der Waals surface area contributed by atoms with E-state index in [9.17, 15) is 0 Å². The molecule has 0 spiro atoms. The summed E-state index contributed by atoms with van der Waals surface area (Å²) in [4.78, 5) is 7.49. The van der Waals surface area contributed by atoms with Crippen molar-refractivity contribution in [3.63, 3.8) is 0 Å². The first-order chi connectivity index (χ1) is 10.8. The van der Waals surface area contributed by atoms with Gasteiger partial charge in [0, 0.05) is 18.9 Å². The fourth-order valence-electron chi connectivity index (χ4n) is 3.14. The van der Waals surface area contributed by atoms with E-state index in [1.807, 2.05) is 12.3 Å². The second-order valence-electron chi connectivity index (χ2n) is 5.87. The fourth-order valence-corrected chi connectivity index (χ4v) is 3.14. The number of hydrogen-bond donors (Lipinski definition) is 2.